The lowest BCUT2D eigenvalue weighted by atomic mass is 10.1. The van der Waals surface area contributed by atoms with Crippen LogP contribution in [-0.4, -0.2) is 29.4 Å². The average Bonchev–Trinajstić information content (AvgIpc) is 3.28. The van der Waals surface area contributed by atoms with Gasteiger partial charge in [0.1, 0.15) is 6.33 Å². The highest BCUT2D eigenvalue weighted by molar-refractivity contribution is 5.90. The predicted molar refractivity (Wildman–Crippen MR) is 100 cm³/mol. The maximum atomic E-state index is 4.66. The molecule has 6 heteroatoms. The molecule has 0 aliphatic carbocycles. The molecule has 2 aromatic carbocycles. The molecule has 0 spiro atoms. The first-order chi connectivity index (χ1) is 12.7. The van der Waals surface area contributed by atoms with Gasteiger partial charge in [0.2, 0.25) is 0 Å². The summed E-state index contributed by atoms with van der Waals surface area (Å²) >= 11 is 0. The van der Waals surface area contributed by atoms with E-state index in [2.05, 4.69) is 52.3 Å². The molecular weight excluding hydrogens is 324 g/mol. The lowest BCUT2D eigenvalue weighted by molar-refractivity contribution is 0.884. The molecule has 0 atom stereocenters. The van der Waals surface area contributed by atoms with Crippen molar-refractivity contribution in [3.63, 3.8) is 0 Å². The van der Waals surface area contributed by atoms with Gasteiger partial charge in [-0.3, -0.25) is 4.40 Å². The van der Waals surface area contributed by atoms with Gasteiger partial charge in [0.05, 0.1) is 17.3 Å². The molecule has 126 valence electrons. The second-order valence-corrected chi connectivity index (χ2v) is 6.41. The van der Waals surface area contributed by atoms with Crippen LogP contribution in [-0.2, 0) is 0 Å². The van der Waals surface area contributed by atoms with E-state index in [4.69, 9.17) is 0 Å². The number of aryl methyl sites for hydroxylation is 2. The molecule has 6 nitrogen and oxygen atoms in total. The first-order valence-electron chi connectivity index (χ1n) is 8.43. The van der Waals surface area contributed by atoms with E-state index in [1.54, 1.807) is 6.33 Å². The molecule has 3 aromatic heterocycles. The van der Waals surface area contributed by atoms with Crippen molar-refractivity contribution in [2.75, 3.05) is 0 Å². The Hall–Kier alpha value is -3.54. The van der Waals surface area contributed by atoms with Gasteiger partial charge in [-0.15, -0.1) is 10.2 Å². The first kappa shape index (κ1) is 14.8. The zero-order valence-electron chi connectivity index (χ0n) is 14.5. The molecule has 5 rings (SSSR count). The van der Waals surface area contributed by atoms with E-state index in [0.717, 1.165) is 39.3 Å². The van der Waals surface area contributed by atoms with Crippen molar-refractivity contribution in [1.29, 1.82) is 0 Å². The molecule has 0 N–H and O–H groups in total. The van der Waals surface area contributed by atoms with Gasteiger partial charge < -0.3 is 0 Å². The SMILES string of the molecule is Cc1ccc(C)c(-n2ncc3c2ncn2c(-c4ccccc4)nnc32)c1. The number of nitrogens with zero attached hydrogens (tertiary/aromatic N) is 6. The van der Waals surface area contributed by atoms with Crippen LogP contribution in [0.1, 0.15) is 11.1 Å². The first-order valence-corrected chi connectivity index (χ1v) is 8.43. The van der Waals surface area contributed by atoms with E-state index < -0.39 is 0 Å². The number of rotatable bonds is 2. The summed E-state index contributed by atoms with van der Waals surface area (Å²) in [6.07, 6.45) is 3.58. The maximum Gasteiger partial charge on any atom is 0.175 e. The largest absolute Gasteiger partial charge is 0.265 e. The van der Waals surface area contributed by atoms with Gasteiger partial charge in [-0.1, -0.05) is 42.5 Å². The van der Waals surface area contributed by atoms with E-state index in [-0.39, 0.29) is 0 Å². The Labute approximate surface area is 149 Å². The number of fused-ring (bicyclic) bond motifs is 3. The van der Waals surface area contributed by atoms with Crippen LogP contribution >= 0.6 is 0 Å². The summed E-state index contributed by atoms with van der Waals surface area (Å²) in [6, 6.07) is 16.3. The third-order valence-corrected chi connectivity index (χ3v) is 4.60. The Morgan fingerprint density at radius 3 is 2.58 bits per heavy atom. The lowest BCUT2D eigenvalue weighted by Crippen LogP contribution is -2.01. The monoisotopic (exact) mass is 340 g/mol. The lowest BCUT2D eigenvalue weighted by Gasteiger charge is -2.08. The van der Waals surface area contributed by atoms with Crippen LogP contribution in [0.4, 0.5) is 0 Å². The van der Waals surface area contributed by atoms with Gasteiger partial charge in [-0.05, 0) is 31.0 Å². The Balaban J connectivity index is 1.75. The van der Waals surface area contributed by atoms with Gasteiger partial charge in [0.25, 0.3) is 0 Å². The summed E-state index contributed by atoms with van der Waals surface area (Å²) in [6.45, 7) is 4.15. The Bertz CT molecular complexity index is 1250. The molecule has 0 saturated carbocycles. The minimum Gasteiger partial charge on any atom is -0.265 e. The quantitative estimate of drug-likeness (QED) is 0.491. The highest BCUT2D eigenvalue weighted by atomic mass is 15.3. The van der Waals surface area contributed by atoms with Crippen molar-refractivity contribution in [2.45, 2.75) is 13.8 Å². The number of aromatic nitrogens is 6. The number of hydrogen-bond acceptors (Lipinski definition) is 4. The van der Waals surface area contributed by atoms with Crippen molar-refractivity contribution in [2.24, 2.45) is 0 Å². The van der Waals surface area contributed by atoms with Crippen LogP contribution in [0.3, 0.4) is 0 Å². The third-order valence-electron chi connectivity index (χ3n) is 4.60. The van der Waals surface area contributed by atoms with Crippen molar-refractivity contribution in [1.82, 2.24) is 29.4 Å². The zero-order valence-corrected chi connectivity index (χ0v) is 14.5. The summed E-state index contributed by atoms with van der Waals surface area (Å²) in [5, 5.41) is 14.2. The summed E-state index contributed by atoms with van der Waals surface area (Å²) in [4.78, 5) is 4.66. The normalized spacial score (nSPS) is 11.5. The van der Waals surface area contributed by atoms with E-state index >= 15 is 0 Å². The van der Waals surface area contributed by atoms with E-state index in [0.29, 0.717) is 0 Å². The molecule has 0 unspecified atom stereocenters. The standard InChI is InChI=1S/C20H16N6/c1-13-8-9-14(2)17(10-13)26-19-16(11-22-26)20-24-23-18(25(20)12-21-19)15-6-4-3-5-7-15/h3-12H,1-2H3. The zero-order chi connectivity index (χ0) is 17.7. The fourth-order valence-corrected chi connectivity index (χ4v) is 3.23. The molecular formula is C20H16N6. The van der Waals surface area contributed by atoms with E-state index in [1.807, 2.05) is 45.6 Å². The second-order valence-electron chi connectivity index (χ2n) is 6.41. The minimum atomic E-state index is 0.755. The molecule has 0 aliphatic rings. The van der Waals surface area contributed by atoms with Crippen molar-refractivity contribution < 1.29 is 0 Å². The summed E-state index contributed by atoms with van der Waals surface area (Å²) < 4.78 is 3.78. The molecule has 3 heterocycles. The highest BCUT2D eigenvalue weighted by Crippen LogP contribution is 2.25. The van der Waals surface area contributed by atoms with Crippen molar-refractivity contribution in [3.05, 3.63) is 72.2 Å². The Kier molecular flexibility index (Phi) is 3.12. The molecule has 26 heavy (non-hydrogen) atoms. The van der Waals surface area contributed by atoms with Crippen LogP contribution in [0.5, 0.6) is 0 Å². The highest BCUT2D eigenvalue weighted by Gasteiger charge is 2.16. The number of hydrogen-bond donors (Lipinski definition) is 0. The van der Waals surface area contributed by atoms with Crippen molar-refractivity contribution >= 4 is 16.7 Å². The van der Waals surface area contributed by atoms with Crippen LogP contribution in [0.15, 0.2) is 61.1 Å². The van der Waals surface area contributed by atoms with E-state index in [9.17, 15) is 0 Å². The topological polar surface area (TPSA) is 60.9 Å². The second kappa shape index (κ2) is 5.49. The van der Waals surface area contributed by atoms with Gasteiger partial charge in [-0.25, -0.2) is 9.67 Å². The maximum absolute atomic E-state index is 4.66. The van der Waals surface area contributed by atoms with Crippen molar-refractivity contribution in [3.8, 4) is 17.1 Å². The average molecular weight is 340 g/mol. The fraction of sp³-hybridized carbons (Fsp3) is 0.100. The molecule has 0 fully saturated rings. The Morgan fingerprint density at radius 2 is 1.73 bits per heavy atom. The minimum absolute atomic E-state index is 0.755. The van der Waals surface area contributed by atoms with Crippen LogP contribution in [0.25, 0.3) is 33.8 Å². The van der Waals surface area contributed by atoms with Gasteiger partial charge >= 0.3 is 0 Å². The third kappa shape index (κ3) is 2.12. The molecule has 5 aromatic rings. The summed E-state index contributed by atoms with van der Waals surface area (Å²) in [5.74, 6) is 0.773. The molecule has 0 bridgehead atoms. The van der Waals surface area contributed by atoms with Gasteiger partial charge in [-0.2, -0.15) is 5.10 Å². The van der Waals surface area contributed by atoms with Crippen LogP contribution < -0.4 is 0 Å². The predicted octanol–water partition coefficient (Wildman–Crippen LogP) is 3.75. The molecule has 0 amide bonds. The van der Waals surface area contributed by atoms with E-state index in [1.165, 1.54) is 5.56 Å². The molecule has 0 saturated heterocycles. The van der Waals surface area contributed by atoms with Gasteiger partial charge in [0, 0.05) is 5.56 Å². The number of benzene rings is 2. The molecule has 0 aliphatic heterocycles. The van der Waals surface area contributed by atoms with Gasteiger partial charge in [0.15, 0.2) is 17.1 Å². The Morgan fingerprint density at radius 1 is 0.885 bits per heavy atom. The summed E-state index contributed by atoms with van der Waals surface area (Å²) in [7, 11) is 0. The molecule has 0 radical (unpaired) electrons. The smallest absolute Gasteiger partial charge is 0.175 e. The fourth-order valence-electron chi connectivity index (χ4n) is 3.23. The van der Waals surface area contributed by atoms with Crippen LogP contribution in [0.2, 0.25) is 0 Å². The van der Waals surface area contributed by atoms with Crippen LogP contribution in [0, 0.1) is 13.8 Å². The summed E-state index contributed by atoms with van der Waals surface area (Å²) in [5.41, 5.74) is 5.89.